The number of carbonyl (C=O) groups excluding carboxylic acids is 1. The summed E-state index contributed by atoms with van der Waals surface area (Å²) in [6.07, 6.45) is -1.22. The lowest BCUT2D eigenvalue weighted by Gasteiger charge is -2.19. The van der Waals surface area contributed by atoms with Gasteiger partial charge in [-0.25, -0.2) is 0 Å². The van der Waals surface area contributed by atoms with E-state index in [0.29, 0.717) is 5.69 Å². The maximum atomic E-state index is 10.7. The Kier molecular flexibility index (Phi) is 5.53. The predicted molar refractivity (Wildman–Crippen MR) is 69.9 cm³/mol. The molecular weight excluding hydrogens is 266 g/mol. The number of aromatic nitrogens is 1. The second kappa shape index (κ2) is 6.92. The van der Waals surface area contributed by atoms with Crippen LogP contribution in [-0.2, 0) is 4.79 Å². The Morgan fingerprint density at radius 1 is 1.55 bits per heavy atom. The molecule has 8 heteroatoms. The zero-order valence-corrected chi connectivity index (χ0v) is 11.2. The summed E-state index contributed by atoms with van der Waals surface area (Å²) in [6, 6.07) is 1.19. The molecule has 0 saturated carbocycles. The number of pyridine rings is 1. The summed E-state index contributed by atoms with van der Waals surface area (Å²) in [5, 5.41) is 33.0. The van der Waals surface area contributed by atoms with E-state index in [-0.39, 0.29) is 30.1 Å². The average molecular weight is 283 g/mol. The van der Waals surface area contributed by atoms with Crippen molar-refractivity contribution in [3.05, 3.63) is 33.6 Å². The molecule has 0 aromatic carbocycles. The predicted octanol–water partition coefficient (Wildman–Crippen LogP) is 0.219. The van der Waals surface area contributed by atoms with Crippen molar-refractivity contribution in [1.82, 2.24) is 10.3 Å². The molecule has 2 unspecified atom stereocenters. The highest BCUT2D eigenvalue weighted by Crippen LogP contribution is 2.24. The summed E-state index contributed by atoms with van der Waals surface area (Å²) in [6.45, 7) is 3.13. The molecule has 1 aromatic heterocycles. The standard InChI is InChI=1S/C12H17N3O5/c1-7-10(5-9(6-14-7)15(19)20)12(18)11(17)3-4-13-8(2)16/h5-6,11-12,17-18H,3-4H2,1-2H3,(H,13,16). The van der Waals surface area contributed by atoms with E-state index in [2.05, 4.69) is 10.3 Å². The van der Waals surface area contributed by atoms with Crippen LogP contribution in [-0.4, -0.2) is 38.7 Å². The van der Waals surface area contributed by atoms with Crippen molar-refractivity contribution in [1.29, 1.82) is 0 Å². The summed E-state index contributed by atoms with van der Waals surface area (Å²) in [4.78, 5) is 24.6. The highest BCUT2D eigenvalue weighted by atomic mass is 16.6. The molecule has 0 spiro atoms. The van der Waals surface area contributed by atoms with Crippen LogP contribution < -0.4 is 5.32 Å². The molecule has 0 radical (unpaired) electrons. The minimum absolute atomic E-state index is 0.128. The topological polar surface area (TPSA) is 126 Å². The van der Waals surface area contributed by atoms with Crippen LogP contribution in [0.4, 0.5) is 5.69 Å². The van der Waals surface area contributed by atoms with E-state index < -0.39 is 17.1 Å². The van der Waals surface area contributed by atoms with E-state index >= 15 is 0 Å². The number of amides is 1. The average Bonchev–Trinajstić information content (AvgIpc) is 2.37. The van der Waals surface area contributed by atoms with E-state index in [1.807, 2.05) is 0 Å². The fourth-order valence-electron chi connectivity index (χ4n) is 1.70. The zero-order chi connectivity index (χ0) is 15.3. The largest absolute Gasteiger partial charge is 0.390 e. The smallest absolute Gasteiger partial charge is 0.287 e. The maximum Gasteiger partial charge on any atom is 0.287 e. The molecule has 0 aliphatic carbocycles. The summed E-state index contributed by atoms with van der Waals surface area (Å²) in [5.74, 6) is -0.236. The second-order valence-corrected chi connectivity index (χ2v) is 4.41. The molecule has 3 N–H and O–H groups in total. The number of carbonyl (C=O) groups is 1. The van der Waals surface area contributed by atoms with E-state index in [0.717, 1.165) is 6.20 Å². The van der Waals surface area contributed by atoms with Crippen LogP contribution in [0.5, 0.6) is 0 Å². The van der Waals surface area contributed by atoms with E-state index in [1.165, 1.54) is 13.0 Å². The Balaban J connectivity index is 2.79. The number of nitrogens with zero attached hydrogens (tertiary/aromatic N) is 2. The summed E-state index contributed by atoms with van der Waals surface area (Å²) in [7, 11) is 0. The normalized spacial score (nSPS) is 13.6. The molecule has 0 fully saturated rings. The van der Waals surface area contributed by atoms with Crippen molar-refractivity contribution in [2.45, 2.75) is 32.5 Å². The van der Waals surface area contributed by atoms with Gasteiger partial charge >= 0.3 is 0 Å². The fourth-order valence-corrected chi connectivity index (χ4v) is 1.70. The molecule has 0 aliphatic heterocycles. The molecule has 1 aromatic rings. The van der Waals surface area contributed by atoms with E-state index in [4.69, 9.17) is 0 Å². The molecular formula is C12H17N3O5. The van der Waals surface area contributed by atoms with Crippen molar-refractivity contribution < 1.29 is 19.9 Å². The van der Waals surface area contributed by atoms with Crippen LogP contribution in [0.3, 0.4) is 0 Å². The van der Waals surface area contributed by atoms with Gasteiger partial charge in [0.15, 0.2) is 0 Å². The first kappa shape index (κ1) is 16.0. The van der Waals surface area contributed by atoms with Gasteiger partial charge in [-0.2, -0.15) is 0 Å². The Bertz CT molecular complexity index is 506. The first-order valence-corrected chi connectivity index (χ1v) is 6.04. The SMILES string of the molecule is CC(=O)NCCC(O)C(O)c1cc([N+](=O)[O-])cnc1C. The van der Waals surface area contributed by atoms with Gasteiger partial charge in [0.05, 0.1) is 11.0 Å². The Morgan fingerprint density at radius 3 is 2.75 bits per heavy atom. The first-order chi connectivity index (χ1) is 9.32. The molecule has 20 heavy (non-hydrogen) atoms. The summed E-state index contributed by atoms with van der Waals surface area (Å²) in [5.41, 5.74) is 0.356. The van der Waals surface area contributed by atoms with Gasteiger partial charge in [0.2, 0.25) is 5.91 Å². The van der Waals surface area contributed by atoms with Gasteiger partial charge in [0.1, 0.15) is 12.3 Å². The number of aryl methyl sites for hydroxylation is 1. The minimum Gasteiger partial charge on any atom is -0.390 e. The van der Waals surface area contributed by atoms with Gasteiger partial charge in [-0.05, 0) is 13.3 Å². The van der Waals surface area contributed by atoms with Crippen LogP contribution in [0.15, 0.2) is 12.3 Å². The van der Waals surface area contributed by atoms with Crippen molar-refractivity contribution in [3.63, 3.8) is 0 Å². The molecule has 0 saturated heterocycles. The van der Waals surface area contributed by atoms with Gasteiger partial charge in [-0.1, -0.05) is 0 Å². The van der Waals surface area contributed by atoms with Crippen molar-refractivity contribution in [2.75, 3.05) is 6.54 Å². The number of hydrogen-bond acceptors (Lipinski definition) is 6. The molecule has 1 rings (SSSR count). The van der Waals surface area contributed by atoms with E-state index in [9.17, 15) is 25.1 Å². The molecule has 0 aliphatic rings. The molecule has 1 amide bonds. The van der Waals surface area contributed by atoms with Gasteiger partial charge in [-0.3, -0.25) is 19.9 Å². The number of rotatable bonds is 6. The fraction of sp³-hybridized carbons (Fsp3) is 0.500. The number of nitrogens with one attached hydrogen (secondary N) is 1. The lowest BCUT2D eigenvalue weighted by molar-refractivity contribution is -0.385. The van der Waals surface area contributed by atoms with Crippen LogP contribution >= 0.6 is 0 Å². The molecule has 8 nitrogen and oxygen atoms in total. The van der Waals surface area contributed by atoms with Crippen molar-refractivity contribution in [2.24, 2.45) is 0 Å². The molecule has 2 atom stereocenters. The van der Waals surface area contributed by atoms with Crippen LogP contribution in [0, 0.1) is 17.0 Å². The third-order valence-corrected chi connectivity index (χ3v) is 2.82. The van der Waals surface area contributed by atoms with Crippen molar-refractivity contribution in [3.8, 4) is 0 Å². The molecule has 110 valence electrons. The Hall–Kier alpha value is -2.06. The number of aliphatic hydroxyl groups is 2. The Labute approximate surface area is 115 Å². The second-order valence-electron chi connectivity index (χ2n) is 4.41. The zero-order valence-electron chi connectivity index (χ0n) is 11.2. The van der Waals surface area contributed by atoms with Gasteiger partial charge < -0.3 is 15.5 Å². The quantitative estimate of drug-likeness (QED) is 0.506. The molecule has 0 bridgehead atoms. The summed E-state index contributed by atoms with van der Waals surface area (Å²) >= 11 is 0. The number of nitro groups is 1. The third-order valence-electron chi connectivity index (χ3n) is 2.82. The maximum absolute atomic E-state index is 10.7. The molecule has 1 heterocycles. The lowest BCUT2D eigenvalue weighted by atomic mass is 10.0. The lowest BCUT2D eigenvalue weighted by Crippen LogP contribution is -2.28. The van der Waals surface area contributed by atoms with Crippen molar-refractivity contribution >= 4 is 11.6 Å². The highest BCUT2D eigenvalue weighted by molar-refractivity contribution is 5.72. The monoisotopic (exact) mass is 283 g/mol. The Morgan fingerprint density at radius 2 is 2.20 bits per heavy atom. The van der Waals surface area contributed by atoms with Gasteiger partial charge in [0, 0.05) is 30.8 Å². The van der Waals surface area contributed by atoms with Crippen LogP contribution in [0.2, 0.25) is 0 Å². The van der Waals surface area contributed by atoms with Gasteiger partial charge in [-0.15, -0.1) is 0 Å². The van der Waals surface area contributed by atoms with E-state index in [1.54, 1.807) is 6.92 Å². The first-order valence-electron chi connectivity index (χ1n) is 6.04. The van der Waals surface area contributed by atoms with Crippen LogP contribution in [0.1, 0.15) is 30.7 Å². The van der Waals surface area contributed by atoms with Gasteiger partial charge in [0.25, 0.3) is 5.69 Å². The number of hydrogen-bond donors (Lipinski definition) is 3. The third kappa shape index (κ3) is 4.25. The highest BCUT2D eigenvalue weighted by Gasteiger charge is 2.23. The van der Waals surface area contributed by atoms with Crippen LogP contribution in [0.25, 0.3) is 0 Å². The number of aliphatic hydroxyl groups excluding tert-OH is 2. The summed E-state index contributed by atoms with van der Waals surface area (Å²) < 4.78 is 0. The minimum atomic E-state index is -1.30.